The Bertz CT molecular complexity index is 475. The van der Waals surface area contributed by atoms with Crippen LogP contribution >= 0.6 is 0 Å². The summed E-state index contributed by atoms with van der Waals surface area (Å²) in [5, 5.41) is 8.76. The maximum Gasteiger partial charge on any atom is 0.255 e. The molecule has 0 spiro atoms. The van der Waals surface area contributed by atoms with Gasteiger partial charge < -0.3 is 16.0 Å². The third kappa shape index (κ3) is 3.43. The van der Waals surface area contributed by atoms with Gasteiger partial charge >= 0.3 is 0 Å². The van der Waals surface area contributed by atoms with Crippen molar-refractivity contribution in [2.24, 2.45) is 0 Å². The van der Waals surface area contributed by atoms with Crippen molar-refractivity contribution in [2.75, 3.05) is 18.4 Å². The molecule has 6 heteroatoms. The van der Waals surface area contributed by atoms with Crippen molar-refractivity contribution in [1.82, 2.24) is 15.6 Å². The van der Waals surface area contributed by atoms with Crippen LogP contribution in [-0.4, -0.2) is 35.9 Å². The third-order valence-corrected chi connectivity index (χ3v) is 3.03. The van der Waals surface area contributed by atoms with Crippen LogP contribution in [0.15, 0.2) is 18.5 Å². The van der Waals surface area contributed by atoms with Gasteiger partial charge in [-0.3, -0.25) is 14.6 Å². The van der Waals surface area contributed by atoms with Crippen molar-refractivity contribution in [3.8, 4) is 0 Å². The predicted octanol–water partition coefficient (Wildman–Crippen LogP) is 0.522. The van der Waals surface area contributed by atoms with E-state index in [-0.39, 0.29) is 17.9 Å². The zero-order valence-corrected chi connectivity index (χ0v) is 10.9. The molecule has 1 saturated heterocycles. The van der Waals surface area contributed by atoms with Gasteiger partial charge in [0.2, 0.25) is 5.91 Å². The van der Waals surface area contributed by atoms with Crippen LogP contribution in [-0.2, 0) is 4.79 Å². The molecule has 6 nitrogen and oxygen atoms in total. The molecule has 1 fully saturated rings. The number of nitrogens with zero attached hydrogens (tertiary/aromatic N) is 1. The molecule has 102 valence electrons. The standard InChI is InChI=1S/C13H18N4O2/c1-2-15-11-5-6-14-8-10(11)13(19)16-7-9-3-4-12(18)17-9/h5-6,8-9H,2-4,7H2,1H3,(H,14,15)(H,16,19)(H,17,18). The first-order valence-corrected chi connectivity index (χ1v) is 6.46. The van der Waals surface area contributed by atoms with Crippen LogP contribution in [0, 0.1) is 0 Å². The first kappa shape index (κ1) is 13.3. The van der Waals surface area contributed by atoms with E-state index in [0.29, 0.717) is 18.5 Å². The first-order valence-electron chi connectivity index (χ1n) is 6.46. The molecule has 1 unspecified atom stereocenters. The lowest BCUT2D eigenvalue weighted by Gasteiger charge is -2.13. The summed E-state index contributed by atoms with van der Waals surface area (Å²) >= 11 is 0. The number of anilines is 1. The Balaban J connectivity index is 1.94. The minimum absolute atomic E-state index is 0.0377. The number of pyridine rings is 1. The summed E-state index contributed by atoms with van der Waals surface area (Å²) in [6.07, 6.45) is 4.49. The summed E-state index contributed by atoms with van der Waals surface area (Å²) < 4.78 is 0. The molecule has 0 radical (unpaired) electrons. The van der Waals surface area contributed by atoms with Crippen LogP contribution in [0.25, 0.3) is 0 Å². The van der Waals surface area contributed by atoms with Gasteiger partial charge in [-0.15, -0.1) is 0 Å². The molecule has 19 heavy (non-hydrogen) atoms. The summed E-state index contributed by atoms with van der Waals surface area (Å²) in [5.41, 5.74) is 1.29. The van der Waals surface area contributed by atoms with Gasteiger partial charge in [0, 0.05) is 37.9 Å². The zero-order chi connectivity index (χ0) is 13.7. The number of rotatable bonds is 5. The average molecular weight is 262 g/mol. The molecular weight excluding hydrogens is 244 g/mol. The smallest absolute Gasteiger partial charge is 0.255 e. The highest BCUT2D eigenvalue weighted by atomic mass is 16.2. The normalized spacial score (nSPS) is 17.9. The number of hydrogen-bond donors (Lipinski definition) is 3. The van der Waals surface area contributed by atoms with Gasteiger partial charge in [-0.05, 0) is 19.4 Å². The van der Waals surface area contributed by atoms with E-state index in [1.165, 1.54) is 0 Å². The molecule has 0 bridgehead atoms. The van der Waals surface area contributed by atoms with Gasteiger partial charge in [-0.1, -0.05) is 0 Å². The van der Waals surface area contributed by atoms with E-state index in [0.717, 1.165) is 18.7 Å². The average Bonchev–Trinajstić information content (AvgIpc) is 2.83. The van der Waals surface area contributed by atoms with Crippen molar-refractivity contribution in [3.63, 3.8) is 0 Å². The Labute approximate surface area is 112 Å². The molecular formula is C13H18N4O2. The summed E-state index contributed by atoms with van der Waals surface area (Å²) in [5.74, 6) is -0.126. The Morgan fingerprint density at radius 2 is 2.42 bits per heavy atom. The van der Waals surface area contributed by atoms with Gasteiger partial charge in [0.15, 0.2) is 0 Å². The van der Waals surface area contributed by atoms with E-state index >= 15 is 0 Å². The SMILES string of the molecule is CCNc1ccncc1C(=O)NCC1CCC(=O)N1. The fourth-order valence-corrected chi connectivity index (χ4v) is 2.06. The minimum Gasteiger partial charge on any atom is -0.385 e. The highest BCUT2D eigenvalue weighted by Crippen LogP contribution is 2.13. The van der Waals surface area contributed by atoms with Crippen molar-refractivity contribution in [3.05, 3.63) is 24.0 Å². The summed E-state index contributed by atoms with van der Waals surface area (Å²) in [6.45, 7) is 3.16. The molecule has 1 aromatic heterocycles. The van der Waals surface area contributed by atoms with Gasteiger partial charge in [0.05, 0.1) is 11.3 Å². The molecule has 1 aliphatic heterocycles. The number of carbonyl (C=O) groups is 2. The highest BCUT2D eigenvalue weighted by molar-refractivity contribution is 5.99. The Morgan fingerprint density at radius 3 is 3.11 bits per heavy atom. The number of amides is 2. The van der Waals surface area contributed by atoms with E-state index in [2.05, 4.69) is 20.9 Å². The number of carbonyl (C=O) groups excluding carboxylic acids is 2. The predicted molar refractivity (Wildman–Crippen MR) is 71.9 cm³/mol. The van der Waals surface area contributed by atoms with Crippen LogP contribution in [0.1, 0.15) is 30.1 Å². The number of aromatic nitrogens is 1. The lowest BCUT2D eigenvalue weighted by molar-refractivity contribution is -0.119. The van der Waals surface area contributed by atoms with Crippen molar-refractivity contribution in [1.29, 1.82) is 0 Å². The van der Waals surface area contributed by atoms with E-state index in [4.69, 9.17) is 0 Å². The maximum atomic E-state index is 12.1. The third-order valence-electron chi connectivity index (χ3n) is 3.03. The topological polar surface area (TPSA) is 83.1 Å². The van der Waals surface area contributed by atoms with Crippen molar-refractivity contribution >= 4 is 17.5 Å². The maximum absolute atomic E-state index is 12.1. The molecule has 0 aliphatic carbocycles. The molecule has 1 aromatic rings. The molecule has 1 atom stereocenters. The van der Waals surface area contributed by atoms with Gasteiger partial charge in [0.25, 0.3) is 5.91 Å². The summed E-state index contributed by atoms with van der Waals surface area (Å²) in [4.78, 5) is 27.1. The molecule has 2 heterocycles. The fourth-order valence-electron chi connectivity index (χ4n) is 2.06. The quantitative estimate of drug-likeness (QED) is 0.722. The van der Waals surface area contributed by atoms with Crippen molar-refractivity contribution in [2.45, 2.75) is 25.8 Å². The second-order valence-corrected chi connectivity index (χ2v) is 4.46. The van der Waals surface area contributed by atoms with Crippen LogP contribution in [0.4, 0.5) is 5.69 Å². The zero-order valence-electron chi connectivity index (χ0n) is 10.9. The van der Waals surface area contributed by atoms with Crippen molar-refractivity contribution < 1.29 is 9.59 Å². The van der Waals surface area contributed by atoms with Crippen LogP contribution in [0.5, 0.6) is 0 Å². The summed E-state index contributed by atoms with van der Waals surface area (Å²) in [6, 6.07) is 1.81. The largest absolute Gasteiger partial charge is 0.385 e. The van der Waals surface area contributed by atoms with E-state index in [1.807, 2.05) is 6.92 Å². The Kier molecular flexibility index (Phi) is 4.33. The van der Waals surface area contributed by atoms with E-state index in [9.17, 15) is 9.59 Å². The molecule has 0 saturated carbocycles. The molecule has 0 aromatic carbocycles. The van der Waals surface area contributed by atoms with Crippen LogP contribution < -0.4 is 16.0 Å². The van der Waals surface area contributed by atoms with E-state index in [1.54, 1.807) is 18.5 Å². The molecule has 2 amide bonds. The van der Waals surface area contributed by atoms with Gasteiger partial charge in [-0.25, -0.2) is 0 Å². The summed E-state index contributed by atoms with van der Waals surface area (Å²) in [7, 11) is 0. The number of hydrogen-bond acceptors (Lipinski definition) is 4. The minimum atomic E-state index is -0.176. The van der Waals surface area contributed by atoms with Gasteiger partial charge in [0.1, 0.15) is 0 Å². The first-order chi connectivity index (χ1) is 9.20. The lowest BCUT2D eigenvalue weighted by atomic mass is 10.2. The Morgan fingerprint density at radius 1 is 1.58 bits per heavy atom. The second-order valence-electron chi connectivity index (χ2n) is 4.46. The van der Waals surface area contributed by atoms with Gasteiger partial charge in [-0.2, -0.15) is 0 Å². The number of nitrogens with one attached hydrogen (secondary N) is 3. The lowest BCUT2D eigenvalue weighted by Crippen LogP contribution is -2.38. The second kappa shape index (κ2) is 6.17. The fraction of sp³-hybridized carbons (Fsp3) is 0.462. The monoisotopic (exact) mass is 262 g/mol. The highest BCUT2D eigenvalue weighted by Gasteiger charge is 2.21. The Hall–Kier alpha value is -2.11. The van der Waals surface area contributed by atoms with Crippen LogP contribution in [0.2, 0.25) is 0 Å². The molecule has 3 N–H and O–H groups in total. The molecule has 2 rings (SSSR count). The molecule has 1 aliphatic rings. The van der Waals surface area contributed by atoms with Crippen LogP contribution in [0.3, 0.4) is 0 Å². The van der Waals surface area contributed by atoms with E-state index < -0.39 is 0 Å².